The van der Waals surface area contributed by atoms with E-state index >= 15 is 0 Å². The van der Waals surface area contributed by atoms with E-state index in [1.807, 2.05) is 24.3 Å². The first-order valence-electron chi connectivity index (χ1n) is 19.8. The summed E-state index contributed by atoms with van der Waals surface area (Å²) in [6, 6.07) is 19.1. The number of sulfone groups is 1. The van der Waals surface area contributed by atoms with Crippen LogP contribution in [0.1, 0.15) is 83.0 Å². The number of ketones is 1. The number of alkyl halides is 3. The molecule has 7 rings (SSSR count). The Hall–Kier alpha value is -6.65. The van der Waals surface area contributed by atoms with Crippen molar-refractivity contribution in [3.05, 3.63) is 125 Å². The van der Waals surface area contributed by atoms with Crippen molar-refractivity contribution in [2.75, 3.05) is 36.1 Å². The fourth-order valence-electron chi connectivity index (χ4n) is 7.53. The van der Waals surface area contributed by atoms with Gasteiger partial charge in [-0.2, -0.15) is 23.5 Å². The van der Waals surface area contributed by atoms with Gasteiger partial charge >= 0.3 is 6.18 Å². The first-order chi connectivity index (χ1) is 29.9. The summed E-state index contributed by atoms with van der Waals surface area (Å²) < 4.78 is 94.3. The van der Waals surface area contributed by atoms with E-state index in [0.29, 0.717) is 65.6 Å². The number of benzene rings is 4. The largest absolute Gasteiger partial charge is 0.494 e. The number of hydrogen-bond donors (Lipinski definition) is 3. The molecule has 3 heterocycles. The normalized spacial score (nSPS) is 16.8. The third-order valence-electron chi connectivity index (χ3n) is 10.7. The third kappa shape index (κ3) is 9.87. The van der Waals surface area contributed by atoms with Gasteiger partial charge in [-0.1, -0.05) is 12.1 Å². The lowest BCUT2D eigenvalue weighted by molar-refractivity contribution is -0.137. The van der Waals surface area contributed by atoms with E-state index in [0.717, 1.165) is 43.9 Å². The molecule has 0 aliphatic carbocycles. The number of aliphatic imine (C=N–C) groups is 1. The van der Waals surface area contributed by atoms with Crippen molar-refractivity contribution in [1.29, 1.82) is 5.26 Å². The van der Waals surface area contributed by atoms with Gasteiger partial charge in [-0.3, -0.25) is 19.3 Å². The zero-order valence-electron chi connectivity index (χ0n) is 33.9. The number of anilines is 2. The van der Waals surface area contributed by atoms with Gasteiger partial charge in [0.05, 0.1) is 58.7 Å². The fraction of sp³-hybridized carbons (Fsp3) is 0.318. The van der Waals surface area contributed by atoms with Crippen LogP contribution < -0.4 is 20.1 Å². The number of nitriles is 1. The van der Waals surface area contributed by atoms with E-state index in [1.54, 1.807) is 11.7 Å². The highest BCUT2D eigenvalue weighted by molar-refractivity contribution is 7.91. The molecule has 328 valence electrons. The molecule has 2 aliphatic heterocycles. The van der Waals surface area contributed by atoms with Gasteiger partial charge in [0.15, 0.2) is 21.2 Å². The number of hydrogen-bond acceptors (Lipinski definition) is 12. The molecule has 0 saturated carbocycles. The Labute approximate surface area is 359 Å². The monoisotopic (exact) mass is 887 g/mol. The van der Waals surface area contributed by atoms with E-state index in [9.17, 15) is 40.7 Å². The maximum absolute atomic E-state index is 14.6. The number of nitrogens with zero attached hydrogens (tertiary/aromatic N) is 5. The molecule has 14 nitrogen and oxygen atoms in total. The number of rotatable bonds is 16. The van der Waals surface area contributed by atoms with Gasteiger partial charge in [-0.05, 0) is 105 Å². The minimum absolute atomic E-state index is 0.0790. The SMILES string of the molecule is Cn1ncnc1[C@H]1C2=NCC(=O)c3cc(F)cc(c32)N[C@@H]1c1ccc(OCCCCCCOc2ccc(S(=O)(=O)CC(C)(O)C(=O)Nc3ccc(C#N)c(C(F)(F)F)c3)cc2)cc1. The van der Waals surface area contributed by atoms with Crippen LogP contribution in [0.15, 0.2) is 95.1 Å². The summed E-state index contributed by atoms with van der Waals surface area (Å²) in [5, 5.41) is 29.5. The summed E-state index contributed by atoms with van der Waals surface area (Å²) in [4.78, 5) is 34.4. The second-order valence-electron chi connectivity index (χ2n) is 15.4. The second kappa shape index (κ2) is 18.0. The van der Waals surface area contributed by atoms with Gasteiger partial charge in [-0.25, -0.2) is 17.8 Å². The van der Waals surface area contributed by atoms with Crippen molar-refractivity contribution in [1.82, 2.24) is 14.8 Å². The molecule has 0 radical (unpaired) electrons. The van der Waals surface area contributed by atoms with E-state index < -0.39 is 56.1 Å². The molecule has 1 unspecified atom stereocenters. The number of aromatic nitrogens is 3. The van der Waals surface area contributed by atoms with Crippen LogP contribution in [0.2, 0.25) is 0 Å². The van der Waals surface area contributed by atoms with Crippen LogP contribution in [0.4, 0.5) is 28.9 Å². The molecule has 0 bridgehead atoms. The quantitative estimate of drug-likeness (QED) is 0.0684. The number of aliphatic hydroxyl groups is 1. The van der Waals surface area contributed by atoms with Gasteiger partial charge < -0.3 is 25.2 Å². The summed E-state index contributed by atoms with van der Waals surface area (Å²) >= 11 is 0. The highest BCUT2D eigenvalue weighted by Crippen LogP contribution is 2.45. The zero-order chi connectivity index (χ0) is 45.1. The molecule has 5 aromatic rings. The van der Waals surface area contributed by atoms with Crippen molar-refractivity contribution < 1.29 is 50.1 Å². The molecule has 2 aliphatic rings. The number of carbonyl (C=O) groups is 2. The lowest BCUT2D eigenvalue weighted by atomic mass is 9.78. The van der Waals surface area contributed by atoms with E-state index in [1.165, 1.54) is 48.8 Å². The van der Waals surface area contributed by atoms with Crippen LogP contribution in [-0.2, 0) is 27.9 Å². The molecule has 0 fully saturated rings. The van der Waals surface area contributed by atoms with Crippen LogP contribution in [0.25, 0.3) is 0 Å². The average Bonchev–Trinajstić information content (AvgIpc) is 3.67. The van der Waals surface area contributed by atoms with Crippen LogP contribution in [0, 0.1) is 17.1 Å². The van der Waals surface area contributed by atoms with Crippen LogP contribution in [-0.4, -0.2) is 76.8 Å². The molecule has 3 N–H and O–H groups in total. The Bertz CT molecular complexity index is 2710. The standard InChI is InChI=1S/C44H41F4N7O7S/c1-43(58,42(57)53-29-10-7-27(22-49)34(21-29)44(46,47)48)24-63(59,60)32-15-13-31(14-16-32)62-18-6-4-3-5-17-61-30-11-8-26(9-12-30)39-38(41-51-25-52-55(41)2)40-37-33(36(56)23-50-40)19-28(45)20-35(37)54-39/h7-16,19-21,25,38-39,54,58H,3-6,17-18,23-24H2,1-2H3,(H,53,57)/t38-,39-,43?/m1/s1. The maximum Gasteiger partial charge on any atom is 0.417 e. The molecule has 1 aromatic heterocycles. The number of nitrogens with one attached hydrogen (secondary N) is 2. The highest BCUT2D eigenvalue weighted by atomic mass is 32.2. The van der Waals surface area contributed by atoms with Crippen LogP contribution in [0.5, 0.6) is 11.5 Å². The number of aryl methyl sites for hydroxylation is 1. The lowest BCUT2D eigenvalue weighted by Gasteiger charge is -2.37. The first kappa shape index (κ1) is 44.4. The molecule has 3 atom stereocenters. The van der Waals surface area contributed by atoms with Crippen LogP contribution >= 0.6 is 0 Å². The number of carbonyl (C=O) groups excluding carboxylic acids is 2. The predicted octanol–water partition coefficient (Wildman–Crippen LogP) is 6.96. The molecule has 63 heavy (non-hydrogen) atoms. The number of Topliss-reactive ketones (excluding diaryl/α,β-unsaturated/α-hetero) is 1. The molecular weight excluding hydrogens is 847 g/mol. The number of unbranched alkanes of at least 4 members (excludes halogenated alkanes) is 3. The van der Waals surface area contributed by atoms with Gasteiger partial charge in [0.1, 0.15) is 36.0 Å². The number of amides is 1. The average molecular weight is 888 g/mol. The van der Waals surface area contributed by atoms with Crippen molar-refractivity contribution >= 4 is 38.6 Å². The van der Waals surface area contributed by atoms with Crippen molar-refractivity contribution in [3.63, 3.8) is 0 Å². The van der Waals surface area contributed by atoms with Gasteiger partial charge in [0, 0.05) is 29.5 Å². The van der Waals surface area contributed by atoms with Gasteiger partial charge in [-0.15, -0.1) is 0 Å². The lowest BCUT2D eigenvalue weighted by Crippen LogP contribution is -2.45. The Kier molecular flexibility index (Phi) is 12.7. The summed E-state index contributed by atoms with van der Waals surface area (Å²) in [7, 11) is -2.45. The smallest absolute Gasteiger partial charge is 0.417 e. The molecule has 0 spiro atoms. The Morgan fingerprint density at radius 3 is 2.24 bits per heavy atom. The number of ether oxygens (including phenoxy) is 2. The molecule has 0 saturated heterocycles. The summed E-state index contributed by atoms with van der Waals surface area (Å²) in [5.41, 5.74) is -1.94. The predicted molar refractivity (Wildman–Crippen MR) is 222 cm³/mol. The minimum Gasteiger partial charge on any atom is -0.494 e. The second-order valence-corrected chi connectivity index (χ2v) is 17.3. The Morgan fingerprint density at radius 1 is 0.984 bits per heavy atom. The molecule has 19 heteroatoms. The number of halogens is 4. The van der Waals surface area contributed by atoms with E-state index in [2.05, 4.69) is 25.7 Å². The third-order valence-corrected chi connectivity index (χ3v) is 12.6. The van der Waals surface area contributed by atoms with Gasteiger partial charge in [0.25, 0.3) is 5.91 Å². The molecular formula is C44H41F4N7O7S. The molecule has 4 aromatic carbocycles. The highest BCUT2D eigenvalue weighted by Gasteiger charge is 2.42. The van der Waals surface area contributed by atoms with Crippen molar-refractivity contribution in [2.24, 2.45) is 12.0 Å². The Balaban J connectivity index is 0.850. The first-order valence-corrected chi connectivity index (χ1v) is 21.5. The minimum atomic E-state index is -4.88. The van der Waals surface area contributed by atoms with E-state index in [-0.39, 0.29) is 29.0 Å². The van der Waals surface area contributed by atoms with Crippen LogP contribution in [0.3, 0.4) is 0 Å². The summed E-state index contributed by atoms with van der Waals surface area (Å²) in [6.07, 6.45) is -0.241. The Morgan fingerprint density at radius 2 is 1.63 bits per heavy atom. The summed E-state index contributed by atoms with van der Waals surface area (Å²) in [5.74, 6) is -1.76. The van der Waals surface area contributed by atoms with Crippen molar-refractivity contribution in [2.45, 2.75) is 61.2 Å². The van der Waals surface area contributed by atoms with Crippen molar-refractivity contribution in [3.8, 4) is 17.6 Å². The maximum atomic E-state index is 14.6. The van der Waals surface area contributed by atoms with E-state index in [4.69, 9.17) is 14.7 Å². The fourth-order valence-corrected chi connectivity index (χ4v) is 9.11. The van der Waals surface area contributed by atoms with Gasteiger partial charge in [0.2, 0.25) is 0 Å². The summed E-state index contributed by atoms with van der Waals surface area (Å²) in [6.45, 7) is 1.69. The topological polar surface area (TPSA) is 198 Å². The molecule has 1 amide bonds. The zero-order valence-corrected chi connectivity index (χ0v) is 34.8.